The lowest BCUT2D eigenvalue weighted by molar-refractivity contribution is -0.384. The van der Waals surface area contributed by atoms with Crippen LogP contribution in [0.2, 0.25) is 0 Å². The minimum Gasteiger partial charge on any atom is -0.258 e. The molecule has 0 saturated heterocycles. The summed E-state index contributed by atoms with van der Waals surface area (Å²) in [4.78, 5) is 26.0. The molecule has 1 aromatic rings. The molecule has 0 aliphatic carbocycles. The summed E-state index contributed by atoms with van der Waals surface area (Å²) >= 11 is 0. The topological polar surface area (TPSA) is 75.8 Å². The van der Waals surface area contributed by atoms with E-state index in [1.165, 1.54) is 29.2 Å². The highest BCUT2D eigenvalue weighted by atomic mass is 16.6. The first-order valence-electron chi connectivity index (χ1n) is 4.23. The number of aliphatic imine (C=N–C) groups is 1. The van der Waals surface area contributed by atoms with Crippen molar-refractivity contribution in [1.29, 1.82) is 0 Å². The number of non-ortho nitro benzene ring substituents is 1. The number of nitro benzene ring substituents is 1. The number of hydrogen-bond donors (Lipinski definition) is 0. The zero-order valence-electron chi connectivity index (χ0n) is 7.88. The maximum Gasteiger partial charge on any atom is 0.355 e. The van der Waals surface area contributed by atoms with Gasteiger partial charge in [0.1, 0.15) is 5.84 Å². The van der Waals surface area contributed by atoms with Crippen molar-refractivity contribution in [1.82, 2.24) is 0 Å². The van der Waals surface area contributed by atoms with Crippen LogP contribution in [0.3, 0.4) is 0 Å². The van der Waals surface area contributed by atoms with Gasteiger partial charge in [0, 0.05) is 12.1 Å². The summed E-state index contributed by atoms with van der Waals surface area (Å²) < 4.78 is 0. The fourth-order valence-corrected chi connectivity index (χ4v) is 1.35. The van der Waals surface area contributed by atoms with Crippen LogP contribution in [0.4, 0.5) is 16.2 Å². The Morgan fingerprint density at radius 3 is 2.33 bits per heavy atom. The zero-order valence-corrected chi connectivity index (χ0v) is 7.88. The van der Waals surface area contributed by atoms with E-state index < -0.39 is 4.92 Å². The lowest BCUT2D eigenvalue weighted by Gasteiger charge is -2.26. The van der Waals surface area contributed by atoms with Crippen LogP contribution in [0, 0.1) is 10.1 Å². The Labute approximate surface area is 85.0 Å². The van der Waals surface area contributed by atoms with E-state index in [-0.39, 0.29) is 11.7 Å². The Morgan fingerprint density at radius 1 is 1.33 bits per heavy atom. The number of nitrogens with zero attached hydrogens (tertiary/aromatic N) is 3. The van der Waals surface area contributed by atoms with Crippen LogP contribution in [0.25, 0.3) is 0 Å². The summed E-state index contributed by atoms with van der Waals surface area (Å²) in [6.45, 7) is 1.70. The van der Waals surface area contributed by atoms with E-state index in [2.05, 4.69) is 4.99 Å². The minimum absolute atomic E-state index is 0.00122. The molecular formula is C9H7N3O3. The van der Waals surface area contributed by atoms with E-state index in [4.69, 9.17) is 0 Å². The first-order valence-corrected chi connectivity index (χ1v) is 4.23. The lowest BCUT2D eigenvalue weighted by atomic mass is 10.2. The van der Waals surface area contributed by atoms with Crippen LogP contribution in [0.15, 0.2) is 29.3 Å². The van der Waals surface area contributed by atoms with Gasteiger partial charge in [0.2, 0.25) is 0 Å². The van der Waals surface area contributed by atoms with Crippen LogP contribution in [-0.4, -0.2) is 16.8 Å². The molecule has 0 aromatic heterocycles. The number of nitro groups is 1. The first kappa shape index (κ1) is 9.32. The predicted molar refractivity (Wildman–Crippen MR) is 54.1 cm³/mol. The number of anilines is 1. The van der Waals surface area contributed by atoms with Gasteiger partial charge in [0.25, 0.3) is 5.69 Å². The van der Waals surface area contributed by atoms with E-state index in [1.54, 1.807) is 6.92 Å². The molecule has 0 bridgehead atoms. The largest absolute Gasteiger partial charge is 0.355 e. The van der Waals surface area contributed by atoms with Crippen molar-refractivity contribution in [3.8, 4) is 0 Å². The molecule has 0 unspecified atom stereocenters. The summed E-state index contributed by atoms with van der Waals surface area (Å²) in [5.41, 5.74) is 0.597. The molecule has 6 nitrogen and oxygen atoms in total. The quantitative estimate of drug-likeness (QED) is 0.547. The molecule has 0 saturated carbocycles. The summed E-state index contributed by atoms with van der Waals surface area (Å²) in [7, 11) is 0. The molecule has 2 amide bonds. The summed E-state index contributed by atoms with van der Waals surface area (Å²) in [6, 6.07) is 5.41. The summed E-state index contributed by atoms with van der Waals surface area (Å²) in [5, 5.41) is 10.4. The van der Waals surface area contributed by atoms with Crippen molar-refractivity contribution >= 4 is 23.2 Å². The molecule has 0 N–H and O–H groups in total. The molecule has 1 aliphatic rings. The van der Waals surface area contributed by atoms with Gasteiger partial charge in [-0.2, -0.15) is 4.99 Å². The average Bonchev–Trinajstić information content (AvgIpc) is 2.18. The Bertz CT molecular complexity index is 464. The lowest BCUT2D eigenvalue weighted by Crippen LogP contribution is -2.42. The molecule has 1 aromatic carbocycles. The molecule has 0 fully saturated rings. The maximum atomic E-state index is 11.1. The molecule has 1 aliphatic heterocycles. The van der Waals surface area contributed by atoms with Crippen molar-refractivity contribution in [3.05, 3.63) is 34.4 Å². The third-order valence-electron chi connectivity index (χ3n) is 2.09. The molecule has 0 radical (unpaired) electrons. The molecule has 1 heterocycles. The molecule has 0 spiro atoms. The first-order chi connectivity index (χ1) is 7.09. The van der Waals surface area contributed by atoms with Gasteiger partial charge in [-0.25, -0.2) is 9.69 Å². The van der Waals surface area contributed by atoms with Gasteiger partial charge >= 0.3 is 6.03 Å². The molecule has 76 valence electrons. The smallest absolute Gasteiger partial charge is 0.258 e. The standard InChI is InChI=1S/C9H7N3O3/c1-6-10-9(13)11(6)7-2-4-8(5-3-7)12(14)15/h2-5H,1H3. The average molecular weight is 205 g/mol. The van der Waals surface area contributed by atoms with Gasteiger partial charge in [-0.3, -0.25) is 10.1 Å². The monoisotopic (exact) mass is 205 g/mol. The van der Waals surface area contributed by atoms with Gasteiger partial charge < -0.3 is 0 Å². The number of carbonyl (C=O) groups excluding carboxylic acids is 1. The zero-order chi connectivity index (χ0) is 11.0. The molecule has 2 rings (SSSR count). The van der Waals surface area contributed by atoms with Gasteiger partial charge in [-0.1, -0.05) is 0 Å². The van der Waals surface area contributed by atoms with Gasteiger partial charge in [0.05, 0.1) is 10.6 Å². The summed E-state index contributed by atoms with van der Waals surface area (Å²) in [6.07, 6.45) is 0. The second-order valence-corrected chi connectivity index (χ2v) is 3.05. The van der Waals surface area contributed by atoms with Crippen LogP contribution in [0.1, 0.15) is 6.92 Å². The maximum absolute atomic E-state index is 11.1. The molecule has 0 atom stereocenters. The van der Waals surface area contributed by atoms with E-state index in [0.29, 0.717) is 11.5 Å². The van der Waals surface area contributed by atoms with Gasteiger partial charge in [-0.15, -0.1) is 0 Å². The van der Waals surface area contributed by atoms with E-state index in [9.17, 15) is 14.9 Å². The van der Waals surface area contributed by atoms with E-state index >= 15 is 0 Å². The van der Waals surface area contributed by atoms with Crippen molar-refractivity contribution in [2.75, 3.05) is 4.90 Å². The van der Waals surface area contributed by atoms with Crippen molar-refractivity contribution < 1.29 is 9.72 Å². The van der Waals surface area contributed by atoms with Crippen molar-refractivity contribution in [3.63, 3.8) is 0 Å². The highest BCUT2D eigenvalue weighted by molar-refractivity contribution is 6.27. The highest BCUT2D eigenvalue weighted by Gasteiger charge is 2.27. The van der Waals surface area contributed by atoms with Gasteiger partial charge in [0.15, 0.2) is 0 Å². The molecule has 15 heavy (non-hydrogen) atoms. The fourth-order valence-electron chi connectivity index (χ4n) is 1.35. The number of amides is 2. The Morgan fingerprint density at radius 2 is 1.93 bits per heavy atom. The number of amidine groups is 1. The normalized spacial score (nSPS) is 14.6. The minimum atomic E-state index is -0.483. The van der Waals surface area contributed by atoms with E-state index in [0.717, 1.165) is 0 Å². The number of benzene rings is 1. The predicted octanol–water partition coefficient (Wildman–Crippen LogP) is 1.95. The van der Waals surface area contributed by atoms with Crippen molar-refractivity contribution in [2.45, 2.75) is 6.92 Å². The number of hydrogen-bond acceptors (Lipinski definition) is 3. The molecule has 6 heteroatoms. The Hall–Kier alpha value is -2.24. The molecular weight excluding hydrogens is 198 g/mol. The van der Waals surface area contributed by atoms with Crippen molar-refractivity contribution in [2.24, 2.45) is 4.99 Å². The number of carbonyl (C=O) groups is 1. The number of rotatable bonds is 2. The number of urea groups is 1. The second-order valence-electron chi connectivity index (χ2n) is 3.05. The third kappa shape index (κ3) is 1.45. The van der Waals surface area contributed by atoms with Crippen LogP contribution in [-0.2, 0) is 0 Å². The second kappa shape index (κ2) is 3.16. The summed E-state index contributed by atoms with van der Waals surface area (Å²) in [5.74, 6) is 0.592. The highest BCUT2D eigenvalue weighted by Crippen LogP contribution is 2.23. The Balaban J connectivity index is 2.29. The van der Waals surface area contributed by atoms with Crippen LogP contribution < -0.4 is 4.90 Å². The third-order valence-corrected chi connectivity index (χ3v) is 2.09. The van der Waals surface area contributed by atoms with Crippen LogP contribution in [0.5, 0.6) is 0 Å². The fraction of sp³-hybridized carbons (Fsp3) is 0.111. The van der Waals surface area contributed by atoms with E-state index in [1.807, 2.05) is 0 Å². The SMILES string of the molecule is CC1=NC(=O)N1c1ccc([N+](=O)[O-])cc1. The van der Waals surface area contributed by atoms with Gasteiger partial charge in [-0.05, 0) is 19.1 Å². The Kier molecular flexibility index (Phi) is 1.96. The van der Waals surface area contributed by atoms with Crippen LogP contribution >= 0.6 is 0 Å².